The number of aryl methyl sites for hydroxylation is 1. The summed E-state index contributed by atoms with van der Waals surface area (Å²) in [5.74, 6) is -0.812. The SMILES string of the molecule is Cc1cc(=O)oc2cc(N3CCC[C@H]3C(=O)O)ccc12. The highest BCUT2D eigenvalue weighted by molar-refractivity contribution is 5.85. The summed E-state index contributed by atoms with van der Waals surface area (Å²) in [5, 5.41) is 10.1. The molecule has 1 aliphatic heterocycles. The second-order valence-electron chi connectivity index (χ2n) is 5.12. The van der Waals surface area contributed by atoms with Crippen molar-refractivity contribution in [3.8, 4) is 0 Å². The predicted molar refractivity (Wildman–Crippen MR) is 75.2 cm³/mol. The highest BCUT2D eigenvalue weighted by Crippen LogP contribution is 2.29. The molecule has 1 N–H and O–H groups in total. The molecule has 2 aromatic rings. The zero-order chi connectivity index (χ0) is 14.3. The van der Waals surface area contributed by atoms with E-state index in [9.17, 15) is 14.7 Å². The monoisotopic (exact) mass is 273 g/mol. The molecule has 1 atom stereocenters. The molecule has 1 aliphatic rings. The lowest BCUT2D eigenvalue weighted by atomic mass is 10.1. The van der Waals surface area contributed by atoms with Gasteiger partial charge in [-0.05, 0) is 37.5 Å². The fourth-order valence-corrected chi connectivity index (χ4v) is 2.82. The van der Waals surface area contributed by atoms with E-state index in [2.05, 4.69) is 0 Å². The maximum atomic E-state index is 11.4. The molecule has 0 saturated carbocycles. The fourth-order valence-electron chi connectivity index (χ4n) is 2.82. The molecule has 1 saturated heterocycles. The van der Waals surface area contributed by atoms with E-state index in [4.69, 9.17) is 4.42 Å². The molecule has 104 valence electrons. The van der Waals surface area contributed by atoms with Crippen LogP contribution in [0.2, 0.25) is 0 Å². The molecule has 0 unspecified atom stereocenters. The molecule has 5 nitrogen and oxygen atoms in total. The number of carbonyl (C=O) groups is 1. The summed E-state index contributed by atoms with van der Waals surface area (Å²) in [5.41, 5.74) is 1.77. The quantitative estimate of drug-likeness (QED) is 0.849. The van der Waals surface area contributed by atoms with Gasteiger partial charge in [0.25, 0.3) is 0 Å². The highest BCUT2D eigenvalue weighted by Gasteiger charge is 2.30. The van der Waals surface area contributed by atoms with Crippen LogP contribution in [0.25, 0.3) is 11.0 Å². The first-order valence-electron chi connectivity index (χ1n) is 6.60. The lowest BCUT2D eigenvalue weighted by Gasteiger charge is -2.23. The standard InChI is InChI=1S/C15H15NO4/c1-9-7-14(17)20-13-8-10(4-5-11(9)13)16-6-2-3-12(16)15(18)19/h4-5,7-8,12H,2-3,6H2,1H3,(H,18,19)/t12-/m0/s1. The van der Waals surface area contributed by atoms with E-state index in [-0.39, 0.29) is 5.63 Å². The molecule has 0 spiro atoms. The number of hydrogen-bond donors (Lipinski definition) is 1. The third kappa shape index (κ3) is 2.05. The lowest BCUT2D eigenvalue weighted by molar-refractivity contribution is -0.138. The molecular formula is C15H15NO4. The number of carboxylic acids is 1. The summed E-state index contributed by atoms with van der Waals surface area (Å²) >= 11 is 0. The van der Waals surface area contributed by atoms with E-state index in [0.29, 0.717) is 18.5 Å². The molecule has 3 rings (SSSR count). The Morgan fingerprint density at radius 3 is 2.95 bits per heavy atom. The number of aliphatic carboxylic acids is 1. The minimum atomic E-state index is -0.812. The molecule has 1 fully saturated rings. The number of fused-ring (bicyclic) bond motifs is 1. The van der Waals surface area contributed by atoms with E-state index in [1.54, 1.807) is 6.07 Å². The smallest absolute Gasteiger partial charge is 0.336 e. The van der Waals surface area contributed by atoms with Crippen LogP contribution >= 0.6 is 0 Å². The van der Waals surface area contributed by atoms with Crippen molar-refractivity contribution in [1.29, 1.82) is 0 Å². The van der Waals surface area contributed by atoms with Crippen LogP contribution < -0.4 is 10.5 Å². The van der Waals surface area contributed by atoms with E-state index in [1.165, 1.54) is 6.07 Å². The van der Waals surface area contributed by atoms with Crippen molar-refractivity contribution < 1.29 is 14.3 Å². The van der Waals surface area contributed by atoms with E-state index in [1.807, 2.05) is 24.0 Å². The van der Waals surface area contributed by atoms with Gasteiger partial charge in [0.15, 0.2) is 0 Å². The first kappa shape index (κ1) is 12.7. The molecule has 0 radical (unpaired) electrons. The van der Waals surface area contributed by atoms with Gasteiger partial charge in [-0.25, -0.2) is 9.59 Å². The Kier molecular flexibility index (Phi) is 2.97. The van der Waals surface area contributed by atoms with Crippen LogP contribution in [0.3, 0.4) is 0 Å². The van der Waals surface area contributed by atoms with Crippen molar-refractivity contribution in [3.63, 3.8) is 0 Å². The normalized spacial score (nSPS) is 18.6. The minimum absolute atomic E-state index is 0.386. The molecule has 2 heterocycles. The van der Waals surface area contributed by atoms with Crippen molar-refractivity contribution in [3.05, 3.63) is 40.2 Å². The van der Waals surface area contributed by atoms with Crippen LogP contribution in [0.4, 0.5) is 5.69 Å². The van der Waals surface area contributed by atoms with Crippen LogP contribution in [0.5, 0.6) is 0 Å². The summed E-state index contributed by atoms with van der Waals surface area (Å²) in [4.78, 5) is 24.5. The van der Waals surface area contributed by atoms with Crippen molar-refractivity contribution in [2.24, 2.45) is 0 Å². The summed E-state index contributed by atoms with van der Waals surface area (Å²) < 4.78 is 5.21. The van der Waals surface area contributed by atoms with Gasteiger partial charge < -0.3 is 14.4 Å². The Labute approximate surface area is 115 Å². The van der Waals surface area contributed by atoms with Crippen LogP contribution in [0.1, 0.15) is 18.4 Å². The molecule has 0 amide bonds. The Bertz CT molecular complexity index is 734. The van der Waals surface area contributed by atoms with Gasteiger partial charge >= 0.3 is 11.6 Å². The Morgan fingerprint density at radius 1 is 1.40 bits per heavy atom. The molecule has 0 bridgehead atoms. The third-order valence-corrected chi connectivity index (χ3v) is 3.80. The van der Waals surface area contributed by atoms with Crippen molar-refractivity contribution in [2.75, 3.05) is 11.4 Å². The van der Waals surface area contributed by atoms with E-state index >= 15 is 0 Å². The summed E-state index contributed by atoms with van der Waals surface area (Å²) in [6.45, 7) is 2.56. The number of carboxylic acid groups (broad SMARTS) is 1. The van der Waals surface area contributed by atoms with Gasteiger partial charge in [-0.3, -0.25) is 0 Å². The molecule has 5 heteroatoms. The second-order valence-corrected chi connectivity index (χ2v) is 5.12. The van der Waals surface area contributed by atoms with E-state index < -0.39 is 12.0 Å². The first-order chi connectivity index (χ1) is 9.56. The van der Waals surface area contributed by atoms with E-state index in [0.717, 1.165) is 23.1 Å². The number of nitrogens with zero attached hydrogens (tertiary/aromatic N) is 1. The second kappa shape index (κ2) is 4.67. The maximum absolute atomic E-state index is 11.4. The Hall–Kier alpha value is -2.30. The van der Waals surface area contributed by atoms with Gasteiger partial charge in [-0.2, -0.15) is 0 Å². The van der Waals surface area contributed by atoms with Crippen molar-refractivity contribution >= 4 is 22.6 Å². The number of hydrogen-bond acceptors (Lipinski definition) is 4. The molecule has 20 heavy (non-hydrogen) atoms. The van der Waals surface area contributed by atoms with Gasteiger partial charge in [0.05, 0.1) is 0 Å². The summed E-state index contributed by atoms with van der Waals surface area (Å²) in [6.07, 6.45) is 1.50. The third-order valence-electron chi connectivity index (χ3n) is 3.80. The van der Waals surface area contributed by atoms with Gasteiger partial charge in [0.2, 0.25) is 0 Å². The van der Waals surface area contributed by atoms with Crippen molar-refractivity contribution in [2.45, 2.75) is 25.8 Å². The van der Waals surface area contributed by atoms with Crippen molar-refractivity contribution in [1.82, 2.24) is 0 Å². The Balaban J connectivity index is 2.09. The van der Waals surface area contributed by atoms with Gasteiger partial charge in [0.1, 0.15) is 11.6 Å². The fraction of sp³-hybridized carbons (Fsp3) is 0.333. The summed E-state index contributed by atoms with van der Waals surface area (Å²) in [7, 11) is 0. The number of rotatable bonds is 2. The zero-order valence-electron chi connectivity index (χ0n) is 11.1. The van der Waals surface area contributed by atoms with Gasteiger partial charge in [-0.1, -0.05) is 0 Å². The number of benzene rings is 1. The van der Waals surface area contributed by atoms with Crippen LogP contribution in [-0.2, 0) is 4.79 Å². The maximum Gasteiger partial charge on any atom is 0.336 e. The highest BCUT2D eigenvalue weighted by atomic mass is 16.4. The van der Waals surface area contributed by atoms with Crippen LogP contribution in [-0.4, -0.2) is 23.7 Å². The topological polar surface area (TPSA) is 70.8 Å². The molecule has 0 aliphatic carbocycles. The van der Waals surface area contributed by atoms with Crippen LogP contribution in [0.15, 0.2) is 33.5 Å². The average molecular weight is 273 g/mol. The van der Waals surface area contributed by atoms with Gasteiger partial charge in [0, 0.05) is 29.8 Å². The molecular weight excluding hydrogens is 258 g/mol. The zero-order valence-corrected chi connectivity index (χ0v) is 11.1. The molecule has 1 aromatic carbocycles. The first-order valence-corrected chi connectivity index (χ1v) is 6.60. The number of anilines is 1. The Morgan fingerprint density at radius 2 is 2.20 bits per heavy atom. The predicted octanol–water partition coefficient (Wildman–Crippen LogP) is 2.15. The average Bonchev–Trinajstić information content (AvgIpc) is 2.87. The largest absolute Gasteiger partial charge is 0.480 e. The minimum Gasteiger partial charge on any atom is -0.480 e. The summed E-state index contributed by atoms with van der Waals surface area (Å²) in [6, 6.07) is 6.48. The lowest BCUT2D eigenvalue weighted by Crippen LogP contribution is -2.35. The molecule has 1 aromatic heterocycles. The van der Waals surface area contributed by atoms with Crippen LogP contribution in [0, 0.1) is 6.92 Å². The van der Waals surface area contributed by atoms with Gasteiger partial charge in [-0.15, -0.1) is 0 Å².